The van der Waals surface area contributed by atoms with Crippen molar-refractivity contribution < 1.29 is 14.3 Å². The lowest BCUT2D eigenvalue weighted by atomic mass is 10.0. The van der Waals surface area contributed by atoms with Crippen molar-refractivity contribution in [3.63, 3.8) is 0 Å². The van der Waals surface area contributed by atoms with Crippen LogP contribution in [0, 0.1) is 0 Å². The Bertz CT molecular complexity index is 492. The Balaban J connectivity index is 2.23. The third kappa shape index (κ3) is 4.68. The molecule has 1 aliphatic rings. The molecule has 1 unspecified atom stereocenters. The van der Waals surface area contributed by atoms with Crippen molar-refractivity contribution >= 4 is 33.5 Å². The van der Waals surface area contributed by atoms with Crippen LogP contribution in [0.3, 0.4) is 0 Å². The molecule has 0 radical (unpaired) electrons. The summed E-state index contributed by atoms with van der Waals surface area (Å²) in [5.41, 5.74) is 1.05. The number of hydrogen-bond acceptors (Lipinski definition) is 4. The van der Waals surface area contributed by atoms with Gasteiger partial charge in [0.15, 0.2) is 0 Å². The zero-order chi connectivity index (χ0) is 15.2. The van der Waals surface area contributed by atoms with Gasteiger partial charge in [-0.05, 0) is 24.6 Å². The zero-order valence-corrected chi connectivity index (χ0v) is 14.3. The van der Waals surface area contributed by atoms with Crippen LogP contribution in [0.15, 0.2) is 22.7 Å². The molecule has 0 amide bonds. The van der Waals surface area contributed by atoms with Crippen molar-refractivity contribution in [2.75, 3.05) is 32.9 Å². The van der Waals surface area contributed by atoms with Gasteiger partial charge in [-0.1, -0.05) is 33.6 Å². The maximum absolute atomic E-state index is 11.9. The number of nitrogens with zero attached hydrogens (tertiary/aromatic N) is 1. The molecule has 116 valence electrons. The molecule has 1 heterocycles. The second-order valence-electron chi connectivity index (χ2n) is 4.84. The van der Waals surface area contributed by atoms with Gasteiger partial charge in [-0.15, -0.1) is 0 Å². The highest BCUT2D eigenvalue weighted by atomic mass is 79.9. The van der Waals surface area contributed by atoms with E-state index in [9.17, 15) is 4.79 Å². The van der Waals surface area contributed by atoms with Crippen LogP contribution in [0.4, 0.5) is 0 Å². The summed E-state index contributed by atoms with van der Waals surface area (Å²) in [4.78, 5) is 14.2. The molecular weight excluding hydrogens is 358 g/mol. The molecule has 0 bridgehead atoms. The average molecular weight is 377 g/mol. The molecule has 0 aromatic heterocycles. The predicted octanol–water partition coefficient (Wildman–Crippen LogP) is 3.43. The van der Waals surface area contributed by atoms with E-state index in [1.165, 1.54) is 0 Å². The minimum absolute atomic E-state index is 0.0282. The number of benzene rings is 1. The first-order valence-corrected chi connectivity index (χ1v) is 8.21. The molecule has 0 aliphatic carbocycles. The van der Waals surface area contributed by atoms with Crippen molar-refractivity contribution in [3.05, 3.63) is 33.3 Å². The number of esters is 1. The predicted molar refractivity (Wildman–Crippen MR) is 85.5 cm³/mol. The lowest BCUT2D eigenvalue weighted by Crippen LogP contribution is -2.40. The van der Waals surface area contributed by atoms with E-state index in [0.717, 1.165) is 23.1 Å². The fourth-order valence-corrected chi connectivity index (χ4v) is 3.42. The summed E-state index contributed by atoms with van der Waals surface area (Å²) >= 11 is 9.56. The highest BCUT2D eigenvalue weighted by molar-refractivity contribution is 9.10. The second-order valence-corrected chi connectivity index (χ2v) is 6.13. The lowest BCUT2D eigenvalue weighted by Gasteiger charge is -2.34. The molecule has 1 saturated heterocycles. The molecule has 0 N–H and O–H groups in total. The summed E-state index contributed by atoms with van der Waals surface area (Å²) in [6.07, 6.45) is 0.327. The van der Waals surface area contributed by atoms with E-state index in [1.807, 2.05) is 25.1 Å². The van der Waals surface area contributed by atoms with E-state index in [1.54, 1.807) is 0 Å². The van der Waals surface area contributed by atoms with Gasteiger partial charge >= 0.3 is 5.97 Å². The molecule has 1 aliphatic heterocycles. The van der Waals surface area contributed by atoms with Gasteiger partial charge in [0.05, 0.1) is 26.2 Å². The van der Waals surface area contributed by atoms with Crippen molar-refractivity contribution in [2.45, 2.75) is 19.4 Å². The van der Waals surface area contributed by atoms with Gasteiger partial charge in [0.1, 0.15) is 0 Å². The maximum Gasteiger partial charge on any atom is 0.307 e. The summed E-state index contributed by atoms with van der Waals surface area (Å²) in [6, 6.07) is 5.64. The Hall–Kier alpha value is -0.620. The molecule has 2 rings (SSSR count). The van der Waals surface area contributed by atoms with E-state index in [-0.39, 0.29) is 12.0 Å². The first-order valence-electron chi connectivity index (χ1n) is 7.04. The highest BCUT2D eigenvalue weighted by Gasteiger charge is 2.27. The lowest BCUT2D eigenvalue weighted by molar-refractivity contribution is -0.145. The van der Waals surface area contributed by atoms with Gasteiger partial charge in [-0.25, -0.2) is 0 Å². The number of carbonyl (C=O) groups is 1. The highest BCUT2D eigenvalue weighted by Crippen LogP contribution is 2.33. The Morgan fingerprint density at radius 3 is 2.81 bits per heavy atom. The van der Waals surface area contributed by atoms with E-state index in [2.05, 4.69) is 20.8 Å². The van der Waals surface area contributed by atoms with Crippen LogP contribution in [0.5, 0.6) is 0 Å². The average Bonchev–Trinajstić information content (AvgIpc) is 2.47. The minimum atomic E-state index is -0.184. The number of halogens is 2. The summed E-state index contributed by atoms with van der Waals surface area (Å²) in [7, 11) is 0. The van der Waals surface area contributed by atoms with Gasteiger partial charge in [-0.2, -0.15) is 0 Å². The number of hydrogen-bond donors (Lipinski definition) is 0. The molecule has 1 fully saturated rings. The molecule has 1 atom stereocenters. The molecular formula is C15H19BrClNO3. The van der Waals surface area contributed by atoms with Crippen LogP contribution in [0.25, 0.3) is 0 Å². The topological polar surface area (TPSA) is 38.8 Å². The van der Waals surface area contributed by atoms with Crippen LogP contribution in [-0.2, 0) is 14.3 Å². The Kier molecular flexibility index (Phi) is 6.48. The number of morpholine rings is 1. The molecule has 0 saturated carbocycles. The van der Waals surface area contributed by atoms with Gasteiger partial charge in [0.25, 0.3) is 0 Å². The van der Waals surface area contributed by atoms with Gasteiger partial charge in [-0.3, -0.25) is 9.69 Å². The molecule has 1 aromatic carbocycles. The van der Waals surface area contributed by atoms with E-state index in [4.69, 9.17) is 21.1 Å². The number of rotatable bonds is 5. The Morgan fingerprint density at radius 1 is 1.48 bits per heavy atom. The summed E-state index contributed by atoms with van der Waals surface area (Å²) < 4.78 is 11.4. The summed E-state index contributed by atoms with van der Waals surface area (Å²) in [5, 5.41) is 0.669. The van der Waals surface area contributed by atoms with Crippen molar-refractivity contribution in [3.8, 4) is 0 Å². The quantitative estimate of drug-likeness (QED) is 0.738. The van der Waals surface area contributed by atoms with E-state index < -0.39 is 0 Å². The normalized spacial score (nSPS) is 17.5. The van der Waals surface area contributed by atoms with E-state index in [0.29, 0.717) is 31.3 Å². The smallest absolute Gasteiger partial charge is 0.307 e. The number of ether oxygens (including phenoxy) is 2. The minimum Gasteiger partial charge on any atom is -0.466 e. The molecule has 4 nitrogen and oxygen atoms in total. The van der Waals surface area contributed by atoms with Crippen LogP contribution < -0.4 is 0 Å². The maximum atomic E-state index is 11.9. The number of carbonyl (C=O) groups excluding carboxylic acids is 1. The molecule has 1 aromatic rings. The molecule has 6 heteroatoms. The first-order chi connectivity index (χ1) is 10.1. The van der Waals surface area contributed by atoms with Crippen LogP contribution in [0.1, 0.15) is 24.9 Å². The third-order valence-electron chi connectivity index (χ3n) is 3.47. The fourth-order valence-electron chi connectivity index (χ4n) is 2.47. The second kappa shape index (κ2) is 8.13. The Labute approximate surface area is 138 Å². The Morgan fingerprint density at radius 2 is 2.19 bits per heavy atom. The summed E-state index contributed by atoms with van der Waals surface area (Å²) in [5.74, 6) is -0.184. The molecule has 0 spiro atoms. The standard InChI is InChI=1S/C15H19BrClNO3/c1-2-21-15(19)10-14(18-5-7-20-8-6-18)12-4-3-11(17)9-13(12)16/h3-4,9,14H,2,5-8,10H2,1H3. The van der Waals surface area contributed by atoms with Gasteiger partial charge in [0.2, 0.25) is 0 Å². The monoisotopic (exact) mass is 375 g/mol. The zero-order valence-electron chi connectivity index (χ0n) is 12.0. The van der Waals surface area contributed by atoms with Crippen LogP contribution >= 0.6 is 27.5 Å². The van der Waals surface area contributed by atoms with Crippen LogP contribution in [-0.4, -0.2) is 43.8 Å². The first kappa shape index (κ1) is 16.7. The largest absolute Gasteiger partial charge is 0.466 e. The third-order valence-corrected chi connectivity index (χ3v) is 4.40. The van der Waals surface area contributed by atoms with Crippen LogP contribution in [0.2, 0.25) is 5.02 Å². The van der Waals surface area contributed by atoms with E-state index >= 15 is 0 Å². The van der Waals surface area contributed by atoms with Gasteiger partial charge < -0.3 is 9.47 Å². The molecule has 21 heavy (non-hydrogen) atoms. The van der Waals surface area contributed by atoms with Crippen molar-refractivity contribution in [1.29, 1.82) is 0 Å². The van der Waals surface area contributed by atoms with Crippen molar-refractivity contribution in [2.24, 2.45) is 0 Å². The SMILES string of the molecule is CCOC(=O)CC(c1ccc(Cl)cc1Br)N1CCOCC1. The van der Waals surface area contributed by atoms with Gasteiger partial charge in [0, 0.05) is 28.6 Å². The summed E-state index contributed by atoms with van der Waals surface area (Å²) in [6.45, 7) is 5.20. The van der Waals surface area contributed by atoms with Crippen molar-refractivity contribution in [1.82, 2.24) is 4.90 Å². The fraction of sp³-hybridized carbons (Fsp3) is 0.533.